The summed E-state index contributed by atoms with van der Waals surface area (Å²) in [4.78, 5) is 0. The Balaban J connectivity index is 2.07. The van der Waals surface area contributed by atoms with Crippen LogP contribution in [-0.4, -0.2) is 18.1 Å². The molecule has 2 heterocycles. The Kier molecular flexibility index (Phi) is 1.69. The van der Waals surface area contributed by atoms with Gasteiger partial charge in [0.1, 0.15) is 0 Å². The highest BCUT2D eigenvalue weighted by Crippen LogP contribution is 2.43. The van der Waals surface area contributed by atoms with Crippen LogP contribution in [-0.2, 0) is 0 Å². The van der Waals surface area contributed by atoms with E-state index < -0.39 is 0 Å². The number of hydrogen-bond donors (Lipinski definition) is 2. The second-order valence-electron chi connectivity index (χ2n) is 4.09. The summed E-state index contributed by atoms with van der Waals surface area (Å²) in [6.45, 7) is 3.12. The molecule has 0 amide bonds. The van der Waals surface area contributed by atoms with Gasteiger partial charge in [-0.1, -0.05) is 13.3 Å². The van der Waals surface area contributed by atoms with Crippen LogP contribution < -0.4 is 11.1 Å². The van der Waals surface area contributed by atoms with Gasteiger partial charge in [0.05, 0.1) is 0 Å². The van der Waals surface area contributed by atoms with Crippen LogP contribution in [0.1, 0.15) is 32.6 Å². The predicted molar refractivity (Wildman–Crippen MR) is 46.3 cm³/mol. The molecule has 1 aliphatic carbocycles. The molecule has 0 aromatic rings. The van der Waals surface area contributed by atoms with Gasteiger partial charge in [-0.25, -0.2) is 0 Å². The van der Waals surface area contributed by atoms with E-state index in [1.165, 1.54) is 25.7 Å². The molecule has 0 radical (unpaired) electrons. The Hall–Kier alpha value is -0.0800. The molecule has 2 bridgehead atoms. The lowest BCUT2D eigenvalue weighted by atomic mass is 9.63. The van der Waals surface area contributed by atoms with E-state index in [1.807, 2.05) is 0 Å². The lowest BCUT2D eigenvalue weighted by Crippen LogP contribution is -2.73. The Morgan fingerprint density at radius 3 is 2.73 bits per heavy atom. The minimum Gasteiger partial charge on any atom is -0.329 e. The minimum absolute atomic E-state index is 0.359. The predicted octanol–water partition coefficient (Wildman–Crippen LogP) is 0.866. The van der Waals surface area contributed by atoms with Gasteiger partial charge in [0.2, 0.25) is 0 Å². The first-order valence-electron chi connectivity index (χ1n) is 4.78. The van der Waals surface area contributed by atoms with Crippen molar-refractivity contribution in [2.45, 2.75) is 44.2 Å². The maximum Gasteiger partial charge on any atom is 0.0349 e. The Morgan fingerprint density at radius 2 is 2.27 bits per heavy atom. The van der Waals surface area contributed by atoms with E-state index in [4.69, 9.17) is 5.73 Å². The van der Waals surface area contributed by atoms with Crippen molar-refractivity contribution in [3.63, 3.8) is 0 Å². The van der Waals surface area contributed by atoms with E-state index in [0.717, 1.165) is 18.5 Å². The Bertz CT molecular complexity index is 150. The van der Waals surface area contributed by atoms with E-state index in [2.05, 4.69) is 12.2 Å². The first-order chi connectivity index (χ1) is 5.30. The van der Waals surface area contributed by atoms with Gasteiger partial charge in [-0.3, -0.25) is 0 Å². The van der Waals surface area contributed by atoms with Crippen LogP contribution in [0.15, 0.2) is 0 Å². The van der Waals surface area contributed by atoms with Crippen LogP contribution >= 0.6 is 0 Å². The topological polar surface area (TPSA) is 38.0 Å². The number of piperidine rings is 1. The molecule has 0 aromatic heterocycles. The SMILES string of the molecule is CCC1CCC2CC1(CN)N2. The fraction of sp³-hybridized carbons (Fsp3) is 1.00. The maximum absolute atomic E-state index is 5.78. The zero-order valence-corrected chi connectivity index (χ0v) is 7.27. The third-order valence-electron chi connectivity index (χ3n) is 3.60. The van der Waals surface area contributed by atoms with Gasteiger partial charge in [-0.05, 0) is 25.2 Å². The third kappa shape index (κ3) is 0.926. The molecular formula is C9H18N2. The molecule has 3 unspecified atom stereocenters. The number of rotatable bonds is 2. The van der Waals surface area contributed by atoms with Crippen molar-refractivity contribution in [2.24, 2.45) is 11.7 Å². The molecule has 64 valence electrons. The van der Waals surface area contributed by atoms with Gasteiger partial charge in [0, 0.05) is 18.1 Å². The summed E-state index contributed by atoms with van der Waals surface area (Å²) in [5, 5.41) is 3.62. The Labute approximate surface area is 68.5 Å². The van der Waals surface area contributed by atoms with Crippen molar-refractivity contribution in [1.29, 1.82) is 0 Å². The minimum atomic E-state index is 0.359. The number of nitrogens with one attached hydrogen (secondary N) is 1. The van der Waals surface area contributed by atoms with E-state index in [0.29, 0.717) is 5.54 Å². The first-order valence-corrected chi connectivity index (χ1v) is 4.78. The van der Waals surface area contributed by atoms with Crippen molar-refractivity contribution >= 4 is 0 Å². The highest BCUT2D eigenvalue weighted by atomic mass is 15.1. The summed E-state index contributed by atoms with van der Waals surface area (Å²) in [6.07, 6.45) is 5.39. The van der Waals surface area contributed by atoms with Crippen molar-refractivity contribution in [3.8, 4) is 0 Å². The zero-order chi connectivity index (χ0) is 7.90. The van der Waals surface area contributed by atoms with E-state index >= 15 is 0 Å². The van der Waals surface area contributed by atoms with Crippen molar-refractivity contribution in [1.82, 2.24) is 5.32 Å². The van der Waals surface area contributed by atoms with Crippen molar-refractivity contribution < 1.29 is 0 Å². The summed E-state index contributed by atoms with van der Waals surface area (Å²) < 4.78 is 0. The average Bonchev–Trinajstić information content (AvgIpc) is 2.02. The van der Waals surface area contributed by atoms with Gasteiger partial charge in [-0.15, -0.1) is 0 Å². The van der Waals surface area contributed by atoms with E-state index in [9.17, 15) is 0 Å². The molecule has 0 aromatic carbocycles. The fourth-order valence-electron chi connectivity index (χ4n) is 2.87. The fourth-order valence-corrected chi connectivity index (χ4v) is 2.87. The smallest absolute Gasteiger partial charge is 0.0349 e. The van der Waals surface area contributed by atoms with Crippen LogP contribution in [0.5, 0.6) is 0 Å². The molecule has 0 spiro atoms. The normalized spacial score (nSPS) is 48.5. The molecule has 2 heteroatoms. The van der Waals surface area contributed by atoms with Crippen molar-refractivity contribution in [2.75, 3.05) is 6.54 Å². The number of hydrogen-bond acceptors (Lipinski definition) is 2. The van der Waals surface area contributed by atoms with Crippen LogP contribution in [0.2, 0.25) is 0 Å². The molecule has 3 aliphatic rings. The van der Waals surface area contributed by atoms with E-state index in [1.54, 1.807) is 0 Å². The molecule has 3 N–H and O–H groups in total. The van der Waals surface area contributed by atoms with Gasteiger partial charge in [0.25, 0.3) is 0 Å². The highest BCUT2D eigenvalue weighted by Gasteiger charge is 2.50. The number of fused-ring (bicyclic) bond motifs is 2. The van der Waals surface area contributed by atoms with Crippen LogP contribution in [0.25, 0.3) is 0 Å². The summed E-state index contributed by atoms with van der Waals surface area (Å²) in [6, 6.07) is 0.807. The largest absolute Gasteiger partial charge is 0.329 e. The molecular weight excluding hydrogens is 136 g/mol. The van der Waals surface area contributed by atoms with Crippen molar-refractivity contribution in [3.05, 3.63) is 0 Å². The molecule has 2 nitrogen and oxygen atoms in total. The first kappa shape index (κ1) is 7.56. The van der Waals surface area contributed by atoms with Gasteiger partial charge >= 0.3 is 0 Å². The lowest BCUT2D eigenvalue weighted by molar-refractivity contribution is 0.0143. The zero-order valence-electron chi connectivity index (χ0n) is 7.27. The standard InChI is InChI=1S/C9H18N2/c1-2-7-3-4-8-5-9(7,6-10)11-8/h7-8,11H,2-6,10H2,1H3. The summed E-state index contributed by atoms with van der Waals surface area (Å²) in [7, 11) is 0. The molecule has 3 atom stereocenters. The van der Waals surface area contributed by atoms with Gasteiger partial charge in [-0.2, -0.15) is 0 Å². The highest BCUT2D eigenvalue weighted by molar-refractivity contribution is 5.11. The monoisotopic (exact) mass is 154 g/mol. The maximum atomic E-state index is 5.78. The van der Waals surface area contributed by atoms with Crippen LogP contribution in [0.3, 0.4) is 0 Å². The summed E-state index contributed by atoms with van der Waals surface area (Å²) in [5.74, 6) is 0.845. The summed E-state index contributed by atoms with van der Waals surface area (Å²) >= 11 is 0. The quantitative estimate of drug-likeness (QED) is 0.619. The third-order valence-corrected chi connectivity index (χ3v) is 3.60. The summed E-state index contributed by atoms with van der Waals surface area (Å²) in [5.41, 5.74) is 6.14. The van der Waals surface area contributed by atoms with Gasteiger partial charge < -0.3 is 11.1 Å². The van der Waals surface area contributed by atoms with Crippen LogP contribution in [0.4, 0.5) is 0 Å². The molecule has 3 rings (SSSR count). The Morgan fingerprint density at radius 1 is 1.55 bits per heavy atom. The molecule has 3 fully saturated rings. The van der Waals surface area contributed by atoms with Crippen LogP contribution in [0, 0.1) is 5.92 Å². The number of nitrogens with two attached hydrogens (primary N) is 1. The second-order valence-corrected chi connectivity index (χ2v) is 4.09. The average molecular weight is 154 g/mol. The molecule has 2 aliphatic heterocycles. The second kappa shape index (κ2) is 2.46. The molecule has 1 saturated carbocycles. The lowest BCUT2D eigenvalue weighted by Gasteiger charge is -2.58. The molecule has 11 heavy (non-hydrogen) atoms. The van der Waals surface area contributed by atoms with Gasteiger partial charge in [0.15, 0.2) is 0 Å². The molecule has 2 saturated heterocycles. The van der Waals surface area contributed by atoms with E-state index in [-0.39, 0.29) is 0 Å².